The largest absolute Gasteiger partial charge is 0.505 e. The Labute approximate surface area is 123 Å². The quantitative estimate of drug-likeness (QED) is 0.715. The summed E-state index contributed by atoms with van der Waals surface area (Å²) in [5.41, 5.74) is -1.32. The highest BCUT2D eigenvalue weighted by molar-refractivity contribution is 9.10. The zero-order valence-corrected chi connectivity index (χ0v) is 12.3. The lowest BCUT2D eigenvalue weighted by atomic mass is 9.93. The second-order valence-electron chi connectivity index (χ2n) is 4.38. The number of benzene rings is 1. The van der Waals surface area contributed by atoms with Gasteiger partial charge < -0.3 is 20.3 Å². The second kappa shape index (κ2) is 5.66. The Kier molecular flexibility index (Phi) is 4.35. The maximum atomic E-state index is 12.1. The van der Waals surface area contributed by atoms with E-state index in [1.165, 1.54) is 12.1 Å². The third kappa shape index (κ3) is 3.20. The number of carbonyl (C=O) groups is 1. The number of nitrogens with one attached hydrogen (secondary N) is 1. The number of phenolic OH excluding ortho intramolecular Hbond substituents is 1. The van der Waals surface area contributed by atoms with E-state index in [2.05, 4.69) is 21.2 Å². The second-order valence-corrected chi connectivity index (χ2v) is 5.67. The Morgan fingerprint density at radius 1 is 1.42 bits per heavy atom. The fourth-order valence-electron chi connectivity index (χ4n) is 1.84. The van der Waals surface area contributed by atoms with Crippen LogP contribution in [0, 0.1) is 0 Å². The SMILES string of the molecule is O=C(Nc1cc(Cl)cc(Br)c1O)C1(O)CCOCC1. The number of carbonyl (C=O) groups excluding carboxylic acids is 1. The number of amides is 1. The zero-order valence-electron chi connectivity index (χ0n) is 9.95. The predicted molar refractivity (Wildman–Crippen MR) is 74.4 cm³/mol. The Morgan fingerprint density at radius 3 is 2.68 bits per heavy atom. The third-order valence-corrected chi connectivity index (χ3v) is 3.84. The summed E-state index contributed by atoms with van der Waals surface area (Å²) < 4.78 is 5.48. The van der Waals surface area contributed by atoms with Crippen LogP contribution in [0.2, 0.25) is 5.02 Å². The molecule has 0 unspecified atom stereocenters. The molecule has 1 aromatic rings. The van der Waals surface area contributed by atoms with Gasteiger partial charge in [0.05, 0.1) is 10.2 Å². The average Bonchev–Trinajstić information content (AvgIpc) is 2.36. The molecule has 0 bridgehead atoms. The van der Waals surface area contributed by atoms with Gasteiger partial charge in [0.2, 0.25) is 0 Å². The molecule has 104 valence electrons. The zero-order chi connectivity index (χ0) is 14.0. The first kappa shape index (κ1) is 14.6. The van der Waals surface area contributed by atoms with Crippen molar-refractivity contribution in [3.8, 4) is 5.75 Å². The van der Waals surface area contributed by atoms with Gasteiger partial charge in [-0.15, -0.1) is 0 Å². The lowest BCUT2D eigenvalue weighted by Crippen LogP contribution is -2.47. The molecule has 0 spiro atoms. The van der Waals surface area contributed by atoms with Crippen LogP contribution in [0.5, 0.6) is 5.75 Å². The third-order valence-electron chi connectivity index (χ3n) is 3.02. The summed E-state index contributed by atoms with van der Waals surface area (Å²) in [4.78, 5) is 12.1. The minimum Gasteiger partial charge on any atom is -0.505 e. The van der Waals surface area contributed by atoms with Crippen molar-refractivity contribution in [3.05, 3.63) is 21.6 Å². The van der Waals surface area contributed by atoms with E-state index in [1.54, 1.807) is 0 Å². The molecule has 0 saturated carbocycles. The highest BCUT2D eigenvalue weighted by atomic mass is 79.9. The first-order valence-corrected chi connectivity index (χ1v) is 6.89. The number of aliphatic hydroxyl groups is 1. The fourth-order valence-corrected chi connectivity index (χ4v) is 2.65. The van der Waals surface area contributed by atoms with E-state index in [9.17, 15) is 15.0 Å². The van der Waals surface area contributed by atoms with E-state index in [0.717, 1.165) is 0 Å². The van der Waals surface area contributed by atoms with Gasteiger partial charge in [-0.25, -0.2) is 0 Å². The number of anilines is 1. The summed E-state index contributed by atoms with van der Waals surface area (Å²) >= 11 is 8.98. The van der Waals surface area contributed by atoms with Crippen LogP contribution in [0.25, 0.3) is 0 Å². The lowest BCUT2D eigenvalue weighted by Gasteiger charge is -2.30. The molecule has 1 fully saturated rings. The van der Waals surface area contributed by atoms with Crippen LogP contribution in [0.15, 0.2) is 16.6 Å². The van der Waals surface area contributed by atoms with E-state index >= 15 is 0 Å². The standard InChI is InChI=1S/C12H13BrClNO4/c13-8-5-7(14)6-9(10(8)16)15-11(17)12(18)1-3-19-4-2-12/h5-6,16,18H,1-4H2,(H,15,17). The minimum absolute atomic E-state index is 0.131. The Bertz CT molecular complexity index is 503. The number of rotatable bonds is 2. The van der Waals surface area contributed by atoms with Gasteiger partial charge in [-0.3, -0.25) is 4.79 Å². The molecule has 1 aromatic carbocycles. The number of hydrogen-bond acceptors (Lipinski definition) is 4. The predicted octanol–water partition coefficient (Wildman–Crippen LogP) is 2.29. The molecular formula is C12H13BrClNO4. The lowest BCUT2D eigenvalue weighted by molar-refractivity contribution is -0.143. The van der Waals surface area contributed by atoms with E-state index in [1.807, 2.05) is 0 Å². The van der Waals surface area contributed by atoms with Crippen molar-refractivity contribution in [2.45, 2.75) is 18.4 Å². The van der Waals surface area contributed by atoms with Gasteiger partial charge in [0, 0.05) is 31.1 Å². The number of aromatic hydroxyl groups is 1. The first-order valence-electron chi connectivity index (χ1n) is 5.72. The van der Waals surface area contributed by atoms with Crippen LogP contribution in [-0.2, 0) is 9.53 Å². The molecule has 2 rings (SSSR count). The van der Waals surface area contributed by atoms with E-state index in [0.29, 0.717) is 22.7 Å². The first-order chi connectivity index (χ1) is 8.92. The van der Waals surface area contributed by atoms with Crippen LogP contribution in [-0.4, -0.2) is 34.9 Å². The summed E-state index contributed by atoms with van der Waals surface area (Å²) in [6.07, 6.45) is 0.447. The van der Waals surface area contributed by atoms with Crippen LogP contribution in [0.1, 0.15) is 12.8 Å². The van der Waals surface area contributed by atoms with Crippen molar-refractivity contribution in [2.24, 2.45) is 0 Å². The van der Waals surface area contributed by atoms with Gasteiger partial charge in [0.15, 0.2) is 5.75 Å². The van der Waals surface area contributed by atoms with Gasteiger partial charge >= 0.3 is 0 Å². The van der Waals surface area contributed by atoms with Gasteiger partial charge in [-0.05, 0) is 28.1 Å². The molecule has 7 heteroatoms. The van der Waals surface area contributed by atoms with Crippen molar-refractivity contribution >= 4 is 39.1 Å². The van der Waals surface area contributed by atoms with Crippen molar-refractivity contribution in [1.82, 2.24) is 0 Å². The topological polar surface area (TPSA) is 78.8 Å². The summed E-state index contributed by atoms with van der Waals surface area (Å²) in [5, 5.41) is 22.9. The van der Waals surface area contributed by atoms with Gasteiger partial charge in [-0.2, -0.15) is 0 Å². The van der Waals surface area contributed by atoms with E-state index < -0.39 is 11.5 Å². The van der Waals surface area contributed by atoms with Gasteiger partial charge in [0.25, 0.3) is 5.91 Å². The monoisotopic (exact) mass is 349 g/mol. The minimum atomic E-state index is -1.47. The smallest absolute Gasteiger partial charge is 0.256 e. The Balaban J connectivity index is 2.19. The molecule has 1 amide bonds. The molecule has 1 aliphatic heterocycles. The van der Waals surface area contributed by atoms with Crippen LogP contribution < -0.4 is 5.32 Å². The molecule has 0 aliphatic carbocycles. The number of halogens is 2. The van der Waals surface area contributed by atoms with Crippen LogP contribution >= 0.6 is 27.5 Å². The molecular weight excluding hydrogens is 337 g/mol. The molecule has 0 radical (unpaired) electrons. The summed E-state index contributed by atoms with van der Waals surface area (Å²) in [7, 11) is 0. The van der Waals surface area contributed by atoms with Crippen LogP contribution in [0.4, 0.5) is 5.69 Å². The van der Waals surface area contributed by atoms with E-state index in [-0.39, 0.29) is 24.3 Å². The Hall–Kier alpha value is -0.820. The van der Waals surface area contributed by atoms with E-state index in [4.69, 9.17) is 16.3 Å². The molecule has 0 aromatic heterocycles. The molecule has 3 N–H and O–H groups in total. The summed E-state index contributed by atoms with van der Waals surface area (Å²) in [6, 6.07) is 2.93. The van der Waals surface area contributed by atoms with Crippen LogP contribution in [0.3, 0.4) is 0 Å². The number of hydrogen-bond donors (Lipinski definition) is 3. The van der Waals surface area contributed by atoms with Gasteiger partial charge in [0.1, 0.15) is 5.60 Å². The number of phenols is 1. The molecule has 19 heavy (non-hydrogen) atoms. The molecule has 0 atom stereocenters. The summed E-state index contributed by atoms with van der Waals surface area (Å²) in [5.74, 6) is -0.700. The number of ether oxygens (including phenoxy) is 1. The highest BCUT2D eigenvalue weighted by Gasteiger charge is 2.38. The molecule has 5 nitrogen and oxygen atoms in total. The normalized spacial score (nSPS) is 18.1. The average molecular weight is 351 g/mol. The highest BCUT2D eigenvalue weighted by Crippen LogP contribution is 2.36. The van der Waals surface area contributed by atoms with Crippen molar-refractivity contribution < 1.29 is 19.7 Å². The maximum Gasteiger partial charge on any atom is 0.256 e. The maximum absolute atomic E-state index is 12.1. The van der Waals surface area contributed by atoms with Crippen molar-refractivity contribution in [1.29, 1.82) is 0 Å². The molecule has 1 heterocycles. The van der Waals surface area contributed by atoms with Crippen molar-refractivity contribution in [3.63, 3.8) is 0 Å². The fraction of sp³-hybridized carbons (Fsp3) is 0.417. The Morgan fingerprint density at radius 2 is 2.05 bits per heavy atom. The molecule has 1 saturated heterocycles. The molecule has 1 aliphatic rings. The van der Waals surface area contributed by atoms with Crippen molar-refractivity contribution in [2.75, 3.05) is 18.5 Å². The summed E-state index contributed by atoms with van der Waals surface area (Å²) in [6.45, 7) is 0.657. The van der Waals surface area contributed by atoms with Gasteiger partial charge in [-0.1, -0.05) is 11.6 Å².